The Kier molecular flexibility index (Phi) is 7.90. The zero-order valence-corrected chi connectivity index (χ0v) is 15.2. The van der Waals surface area contributed by atoms with E-state index in [4.69, 9.17) is 4.74 Å². The van der Waals surface area contributed by atoms with Gasteiger partial charge >= 0.3 is 0 Å². The van der Waals surface area contributed by atoms with E-state index in [-0.39, 0.29) is 0 Å². The molecule has 3 heteroatoms. The molecule has 3 nitrogen and oxygen atoms in total. The van der Waals surface area contributed by atoms with Crippen LogP contribution in [0, 0.1) is 0 Å². The van der Waals surface area contributed by atoms with Crippen molar-refractivity contribution in [3.8, 4) is 5.75 Å². The van der Waals surface area contributed by atoms with Crippen LogP contribution in [0.25, 0.3) is 0 Å². The second-order valence-corrected chi connectivity index (χ2v) is 6.92. The van der Waals surface area contributed by atoms with E-state index in [2.05, 4.69) is 49.2 Å². The maximum Gasteiger partial charge on any atom is 0.122 e. The van der Waals surface area contributed by atoms with Gasteiger partial charge in [-0.15, -0.1) is 0 Å². The topological polar surface area (TPSA) is 24.5 Å². The Hall–Kier alpha value is -1.06. The summed E-state index contributed by atoms with van der Waals surface area (Å²) >= 11 is 0. The summed E-state index contributed by atoms with van der Waals surface area (Å²) in [5.74, 6) is 1.59. The Morgan fingerprint density at radius 3 is 2.65 bits per heavy atom. The molecule has 0 bridgehead atoms. The normalized spacial score (nSPS) is 16.0. The molecule has 130 valence electrons. The Morgan fingerprint density at radius 1 is 1.17 bits per heavy atom. The smallest absolute Gasteiger partial charge is 0.122 e. The van der Waals surface area contributed by atoms with Crippen molar-refractivity contribution in [3.63, 3.8) is 0 Å². The van der Waals surface area contributed by atoms with Crippen molar-refractivity contribution in [2.24, 2.45) is 0 Å². The molecule has 23 heavy (non-hydrogen) atoms. The number of benzene rings is 1. The fourth-order valence-electron chi connectivity index (χ4n) is 3.15. The number of nitrogens with one attached hydrogen (secondary N) is 1. The molecule has 0 aromatic heterocycles. The first kappa shape index (κ1) is 18.3. The van der Waals surface area contributed by atoms with E-state index in [1.807, 2.05) is 0 Å². The van der Waals surface area contributed by atoms with Gasteiger partial charge in [-0.25, -0.2) is 0 Å². The lowest BCUT2D eigenvalue weighted by molar-refractivity contribution is 0.237. The van der Waals surface area contributed by atoms with E-state index >= 15 is 0 Å². The van der Waals surface area contributed by atoms with Crippen LogP contribution >= 0.6 is 0 Å². The van der Waals surface area contributed by atoms with Crippen LogP contribution in [-0.2, 0) is 6.42 Å². The third-order valence-electron chi connectivity index (χ3n) is 4.56. The average molecular weight is 319 g/mol. The SMILES string of the molecule is CCCOc1ccc(CCCCN2CCNCC2)cc1C(C)C. The van der Waals surface area contributed by atoms with E-state index in [1.165, 1.54) is 50.0 Å². The van der Waals surface area contributed by atoms with E-state index in [9.17, 15) is 0 Å². The molecule has 0 amide bonds. The summed E-state index contributed by atoms with van der Waals surface area (Å²) in [6.07, 6.45) is 4.81. The molecule has 1 fully saturated rings. The van der Waals surface area contributed by atoms with Crippen molar-refractivity contribution in [2.45, 2.75) is 52.4 Å². The number of unbranched alkanes of at least 4 members (excludes halogenated alkanes) is 1. The van der Waals surface area contributed by atoms with E-state index < -0.39 is 0 Å². The van der Waals surface area contributed by atoms with Gasteiger partial charge in [0.25, 0.3) is 0 Å². The van der Waals surface area contributed by atoms with Gasteiger partial charge < -0.3 is 15.0 Å². The summed E-state index contributed by atoms with van der Waals surface area (Å²) in [7, 11) is 0. The van der Waals surface area contributed by atoms with Gasteiger partial charge in [-0.3, -0.25) is 0 Å². The van der Waals surface area contributed by atoms with Gasteiger partial charge in [0.2, 0.25) is 0 Å². The van der Waals surface area contributed by atoms with Crippen molar-refractivity contribution in [3.05, 3.63) is 29.3 Å². The number of piperazine rings is 1. The highest BCUT2D eigenvalue weighted by Gasteiger charge is 2.10. The summed E-state index contributed by atoms with van der Waals surface area (Å²) in [6, 6.07) is 6.79. The number of hydrogen-bond acceptors (Lipinski definition) is 3. The van der Waals surface area contributed by atoms with Crippen molar-refractivity contribution in [1.82, 2.24) is 10.2 Å². The Labute approximate surface area is 142 Å². The first-order valence-corrected chi connectivity index (χ1v) is 9.39. The zero-order chi connectivity index (χ0) is 16.5. The molecule has 1 N–H and O–H groups in total. The minimum absolute atomic E-state index is 0.516. The van der Waals surface area contributed by atoms with Crippen LogP contribution in [0.3, 0.4) is 0 Å². The van der Waals surface area contributed by atoms with Gasteiger partial charge in [0.1, 0.15) is 5.75 Å². The van der Waals surface area contributed by atoms with Crippen LogP contribution in [0.1, 0.15) is 57.1 Å². The fraction of sp³-hybridized carbons (Fsp3) is 0.700. The van der Waals surface area contributed by atoms with Crippen LogP contribution in [-0.4, -0.2) is 44.2 Å². The summed E-state index contributed by atoms with van der Waals surface area (Å²) in [6.45, 7) is 13.4. The summed E-state index contributed by atoms with van der Waals surface area (Å²) in [5, 5.41) is 3.41. The van der Waals surface area contributed by atoms with E-state index in [0.29, 0.717) is 5.92 Å². The molecule has 1 aromatic rings. The molecular weight excluding hydrogens is 284 g/mol. The highest BCUT2D eigenvalue weighted by molar-refractivity contribution is 5.39. The molecule has 0 unspecified atom stereocenters. The quantitative estimate of drug-likeness (QED) is 0.700. The van der Waals surface area contributed by atoms with Crippen molar-refractivity contribution < 1.29 is 4.74 Å². The van der Waals surface area contributed by atoms with Crippen LogP contribution < -0.4 is 10.1 Å². The number of rotatable bonds is 9. The number of ether oxygens (including phenoxy) is 1. The predicted molar refractivity (Wildman–Crippen MR) is 98.6 cm³/mol. The lowest BCUT2D eigenvalue weighted by atomic mass is 9.97. The second-order valence-electron chi connectivity index (χ2n) is 6.92. The van der Waals surface area contributed by atoms with Crippen LogP contribution in [0.5, 0.6) is 5.75 Å². The summed E-state index contributed by atoms with van der Waals surface area (Å²) in [5.41, 5.74) is 2.82. The van der Waals surface area contributed by atoms with Gasteiger partial charge in [-0.05, 0) is 55.3 Å². The monoisotopic (exact) mass is 318 g/mol. The van der Waals surface area contributed by atoms with Crippen LogP contribution in [0.2, 0.25) is 0 Å². The standard InChI is InChI=1S/C20H34N2O/c1-4-15-23-20-9-8-18(16-19(20)17(2)3)7-5-6-12-22-13-10-21-11-14-22/h8-9,16-17,21H,4-7,10-15H2,1-3H3. The van der Waals surface area contributed by atoms with E-state index in [1.54, 1.807) is 0 Å². The van der Waals surface area contributed by atoms with Gasteiger partial charge in [-0.2, -0.15) is 0 Å². The molecule has 2 rings (SSSR count). The van der Waals surface area contributed by atoms with Crippen molar-refractivity contribution >= 4 is 0 Å². The highest BCUT2D eigenvalue weighted by atomic mass is 16.5. The van der Waals surface area contributed by atoms with Gasteiger partial charge in [0.05, 0.1) is 6.61 Å². The molecule has 1 aromatic carbocycles. The van der Waals surface area contributed by atoms with Crippen molar-refractivity contribution in [1.29, 1.82) is 0 Å². The van der Waals surface area contributed by atoms with Crippen LogP contribution in [0.15, 0.2) is 18.2 Å². The molecule has 0 aliphatic carbocycles. The molecular formula is C20H34N2O. The third kappa shape index (κ3) is 6.15. The van der Waals surface area contributed by atoms with E-state index in [0.717, 1.165) is 31.9 Å². The lowest BCUT2D eigenvalue weighted by Gasteiger charge is -2.27. The highest BCUT2D eigenvalue weighted by Crippen LogP contribution is 2.28. The minimum Gasteiger partial charge on any atom is -0.493 e. The fourth-order valence-corrected chi connectivity index (χ4v) is 3.15. The molecule has 1 aliphatic rings. The van der Waals surface area contributed by atoms with Gasteiger partial charge in [0.15, 0.2) is 0 Å². The summed E-state index contributed by atoms with van der Waals surface area (Å²) < 4.78 is 5.89. The summed E-state index contributed by atoms with van der Waals surface area (Å²) in [4.78, 5) is 2.58. The Bertz CT molecular complexity index is 453. The Morgan fingerprint density at radius 2 is 1.96 bits per heavy atom. The van der Waals surface area contributed by atoms with Gasteiger partial charge in [0, 0.05) is 26.2 Å². The largest absolute Gasteiger partial charge is 0.493 e. The molecule has 1 saturated heterocycles. The van der Waals surface area contributed by atoms with Crippen molar-refractivity contribution in [2.75, 3.05) is 39.3 Å². The minimum atomic E-state index is 0.516. The number of nitrogens with zero attached hydrogens (tertiary/aromatic N) is 1. The van der Waals surface area contributed by atoms with Crippen LogP contribution in [0.4, 0.5) is 0 Å². The van der Waals surface area contributed by atoms with Gasteiger partial charge in [-0.1, -0.05) is 32.9 Å². The number of hydrogen-bond donors (Lipinski definition) is 1. The average Bonchev–Trinajstić information content (AvgIpc) is 2.58. The first-order chi connectivity index (χ1) is 11.2. The molecule has 1 aliphatic heterocycles. The second kappa shape index (κ2) is 9.94. The Balaban J connectivity index is 1.81. The molecule has 1 heterocycles. The maximum atomic E-state index is 5.89. The zero-order valence-electron chi connectivity index (χ0n) is 15.2. The molecule has 0 atom stereocenters. The molecule has 0 spiro atoms. The number of aryl methyl sites for hydroxylation is 1. The lowest BCUT2D eigenvalue weighted by Crippen LogP contribution is -2.43. The maximum absolute atomic E-state index is 5.89. The first-order valence-electron chi connectivity index (χ1n) is 9.39. The molecule has 0 radical (unpaired) electrons. The molecule has 0 saturated carbocycles. The predicted octanol–water partition coefficient (Wildman–Crippen LogP) is 3.83. The third-order valence-corrected chi connectivity index (χ3v) is 4.56.